The van der Waals surface area contributed by atoms with Crippen molar-refractivity contribution in [3.63, 3.8) is 0 Å². The van der Waals surface area contributed by atoms with Crippen LogP contribution in [0.2, 0.25) is 0 Å². The van der Waals surface area contributed by atoms with Crippen LogP contribution in [0.3, 0.4) is 0 Å². The van der Waals surface area contributed by atoms with Crippen molar-refractivity contribution in [1.29, 1.82) is 0 Å². The first-order valence-corrected chi connectivity index (χ1v) is 7.12. The Hall–Kier alpha value is -1.03. The van der Waals surface area contributed by atoms with E-state index in [1.165, 1.54) is 0 Å². The number of hydrogen-bond donors (Lipinski definition) is 0. The second-order valence-electron chi connectivity index (χ2n) is 6.28. The Bertz CT molecular complexity index is 310. The predicted molar refractivity (Wildman–Crippen MR) is 78.3 cm³/mol. The number of carbonyl (C=O) groups is 1. The fourth-order valence-electron chi connectivity index (χ4n) is 2.26. The van der Waals surface area contributed by atoms with Crippen molar-refractivity contribution in [1.82, 2.24) is 9.80 Å². The molecule has 1 amide bonds. The second kappa shape index (κ2) is 6.94. The summed E-state index contributed by atoms with van der Waals surface area (Å²) in [6, 6.07) is 0.456. The van der Waals surface area contributed by atoms with Crippen LogP contribution < -0.4 is 0 Å². The van der Waals surface area contributed by atoms with Crippen molar-refractivity contribution in [3.8, 4) is 0 Å². The molecule has 1 fully saturated rings. The fraction of sp³-hybridized carbons (Fsp3) is 0.800. The molecule has 110 valence electrons. The van der Waals surface area contributed by atoms with E-state index in [9.17, 15) is 4.79 Å². The molecule has 1 rings (SSSR count). The molecule has 0 saturated carbocycles. The van der Waals surface area contributed by atoms with Crippen LogP contribution in [-0.4, -0.2) is 54.2 Å². The van der Waals surface area contributed by atoms with Gasteiger partial charge in [0.05, 0.1) is 0 Å². The smallest absolute Gasteiger partial charge is 0.410 e. The highest BCUT2D eigenvalue weighted by Gasteiger charge is 2.31. The summed E-state index contributed by atoms with van der Waals surface area (Å²) < 4.78 is 5.40. The van der Waals surface area contributed by atoms with Gasteiger partial charge in [-0.15, -0.1) is 6.58 Å². The summed E-state index contributed by atoms with van der Waals surface area (Å²) in [7, 11) is 2.13. The summed E-state index contributed by atoms with van der Waals surface area (Å²) in [5, 5.41) is 0. The van der Waals surface area contributed by atoms with E-state index in [2.05, 4.69) is 18.5 Å². The molecule has 0 bridgehead atoms. The Labute approximate surface area is 117 Å². The number of nitrogens with zero attached hydrogens (tertiary/aromatic N) is 2. The van der Waals surface area contributed by atoms with Crippen LogP contribution in [0, 0.1) is 0 Å². The Morgan fingerprint density at radius 3 is 2.79 bits per heavy atom. The first kappa shape index (κ1) is 16.0. The van der Waals surface area contributed by atoms with Crippen molar-refractivity contribution < 1.29 is 9.53 Å². The number of hydrogen-bond acceptors (Lipinski definition) is 3. The van der Waals surface area contributed by atoms with Gasteiger partial charge in [-0.3, -0.25) is 0 Å². The number of unbranched alkanes of at least 4 members (excludes halogenated alkanes) is 1. The number of likely N-dealkylation sites (N-methyl/N-ethyl adjacent to an activating group) is 1. The van der Waals surface area contributed by atoms with Crippen LogP contribution in [0.4, 0.5) is 4.79 Å². The lowest BCUT2D eigenvalue weighted by atomic mass is 10.2. The van der Waals surface area contributed by atoms with Crippen molar-refractivity contribution in [3.05, 3.63) is 12.7 Å². The van der Waals surface area contributed by atoms with Gasteiger partial charge in [-0.2, -0.15) is 0 Å². The largest absolute Gasteiger partial charge is 0.444 e. The SMILES string of the molecule is C=CCCCN(C)[C@H]1CCN(C(=O)OC(C)(C)C)C1. The molecule has 0 radical (unpaired) electrons. The van der Waals surface area contributed by atoms with Crippen LogP contribution in [0.5, 0.6) is 0 Å². The molecule has 4 heteroatoms. The summed E-state index contributed by atoms with van der Waals surface area (Å²) in [6.07, 6.45) is 4.98. The maximum absolute atomic E-state index is 12.0. The molecule has 0 spiro atoms. The lowest BCUT2D eigenvalue weighted by Crippen LogP contribution is -2.39. The molecule has 1 aliphatic rings. The third-order valence-electron chi connectivity index (χ3n) is 3.36. The van der Waals surface area contributed by atoms with Gasteiger partial charge in [0.1, 0.15) is 5.60 Å². The first-order chi connectivity index (χ1) is 8.83. The first-order valence-electron chi connectivity index (χ1n) is 7.12. The third kappa shape index (κ3) is 5.64. The van der Waals surface area contributed by atoms with E-state index in [0.717, 1.165) is 38.9 Å². The van der Waals surface area contributed by atoms with E-state index in [4.69, 9.17) is 4.74 Å². The molecule has 0 N–H and O–H groups in total. The predicted octanol–water partition coefficient (Wildman–Crippen LogP) is 2.89. The highest BCUT2D eigenvalue weighted by Crippen LogP contribution is 2.18. The van der Waals surface area contributed by atoms with E-state index >= 15 is 0 Å². The minimum Gasteiger partial charge on any atom is -0.444 e. The van der Waals surface area contributed by atoms with Crippen molar-refractivity contribution in [2.75, 3.05) is 26.7 Å². The summed E-state index contributed by atoms with van der Waals surface area (Å²) in [6.45, 7) is 12.1. The van der Waals surface area contributed by atoms with Gasteiger partial charge in [-0.05, 0) is 53.6 Å². The topological polar surface area (TPSA) is 32.8 Å². The van der Waals surface area contributed by atoms with Crippen molar-refractivity contribution in [2.45, 2.75) is 51.7 Å². The number of rotatable bonds is 5. The van der Waals surface area contributed by atoms with Crippen LogP contribution >= 0.6 is 0 Å². The number of ether oxygens (including phenoxy) is 1. The quantitative estimate of drug-likeness (QED) is 0.568. The molecule has 1 aliphatic heterocycles. The molecule has 0 unspecified atom stereocenters. The average Bonchev–Trinajstić information content (AvgIpc) is 2.76. The van der Waals surface area contributed by atoms with Gasteiger partial charge >= 0.3 is 6.09 Å². The Balaban J connectivity index is 2.36. The number of carbonyl (C=O) groups excluding carboxylic acids is 1. The number of amides is 1. The molecule has 1 saturated heterocycles. The molecule has 1 atom stereocenters. The highest BCUT2D eigenvalue weighted by molar-refractivity contribution is 5.68. The highest BCUT2D eigenvalue weighted by atomic mass is 16.6. The number of allylic oxidation sites excluding steroid dienone is 1. The zero-order chi connectivity index (χ0) is 14.5. The maximum Gasteiger partial charge on any atom is 0.410 e. The minimum atomic E-state index is -0.412. The Morgan fingerprint density at radius 1 is 1.53 bits per heavy atom. The average molecular weight is 268 g/mol. The molecular formula is C15H28N2O2. The fourth-order valence-corrected chi connectivity index (χ4v) is 2.26. The van der Waals surface area contributed by atoms with Crippen molar-refractivity contribution in [2.24, 2.45) is 0 Å². The van der Waals surface area contributed by atoms with Crippen LogP contribution in [0.1, 0.15) is 40.0 Å². The molecular weight excluding hydrogens is 240 g/mol. The van der Waals surface area contributed by atoms with E-state index in [-0.39, 0.29) is 6.09 Å². The van der Waals surface area contributed by atoms with Gasteiger partial charge in [0, 0.05) is 19.1 Å². The second-order valence-corrected chi connectivity index (χ2v) is 6.28. The molecule has 1 heterocycles. The Kier molecular flexibility index (Phi) is 5.85. The summed E-state index contributed by atoms with van der Waals surface area (Å²) in [5.74, 6) is 0. The van der Waals surface area contributed by atoms with Gasteiger partial charge in [0.15, 0.2) is 0 Å². The van der Waals surface area contributed by atoms with Gasteiger partial charge < -0.3 is 14.5 Å². The van der Waals surface area contributed by atoms with Crippen LogP contribution in [-0.2, 0) is 4.74 Å². The number of likely N-dealkylation sites (tertiary alicyclic amines) is 1. The normalized spacial score (nSPS) is 19.8. The molecule has 0 aromatic heterocycles. The maximum atomic E-state index is 12.0. The molecule has 19 heavy (non-hydrogen) atoms. The van der Waals surface area contributed by atoms with Crippen LogP contribution in [0.15, 0.2) is 12.7 Å². The lowest BCUT2D eigenvalue weighted by Gasteiger charge is -2.26. The molecule has 4 nitrogen and oxygen atoms in total. The van der Waals surface area contributed by atoms with E-state index < -0.39 is 5.60 Å². The van der Waals surface area contributed by atoms with Gasteiger partial charge in [-0.1, -0.05) is 6.08 Å². The standard InChI is InChI=1S/C15H28N2O2/c1-6-7-8-10-16(5)13-9-11-17(12-13)14(18)19-15(2,3)4/h6,13H,1,7-12H2,2-5H3/t13-/m0/s1. The van der Waals surface area contributed by atoms with Gasteiger partial charge in [0.25, 0.3) is 0 Å². The summed E-state index contributed by atoms with van der Waals surface area (Å²) in [4.78, 5) is 16.1. The van der Waals surface area contributed by atoms with Gasteiger partial charge in [-0.25, -0.2) is 4.79 Å². The molecule has 0 aromatic carbocycles. The molecule has 0 aromatic rings. The Morgan fingerprint density at radius 2 is 2.21 bits per heavy atom. The van der Waals surface area contributed by atoms with Gasteiger partial charge in [0.2, 0.25) is 0 Å². The van der Waals surface area contributed by atoms with Crippen LogP contribution in [0.25, 0.3) is 0 Å². The van der Waals surface area contributed by atoms with E-state index in [1.807, 2.05) is 31.7 Å². The lowest BCUT2D eigenvalue weighted by molar-refractivity contribution is 0.0282. The molecule has 0 aliphatic carbocycles. The van der Waals surface area contributed by atoms with E-state index in [0.29, 0.717) is 6.04 Å². The third-order valence-corrected chi connectivity index (χ3v) is 3.36. The minimum absolute atomic E-state index is 0.186. The zero-order valence-electron chi connectivity index (χ0n) is 12.8. The monoisotopic (exact) mass is 268 g/mol. The summed E-state index contributed by atoms with van der Waals surface area (Å²) >= 11 is 0. The van der Waals surface area contributed by atoms with E-state index in [1.54, 1.807) is 0 Å². The zero-order valence-corrected chi connectivity index (χ0v) is 12.8. The summed E-state index contributed by atoms with van der Waals surface area (Å²) in [5.41, 5.74) is -0.412. The van der Waals surface area contributed by atoms with Crippen molar-refractivity contribution >= 4 is 6.09 Å².